The summed E-state index contributed by atoms with van der Waals surface area (Å²) >= 11 is 0. The van der Waals surface area contributed by atoms with Crippen LogP contribution in [0.1, 0.15) is 24.0 Å². The number of phenols is 2. The molecule has 0 unspecified atom stereocenters. The van der Waals surface area contributed by atoms with Gasteiger partial charge in [0.05, 0.1) is 0 Å². The van der Waals surface area contributed by atoms with Gasteiger partial charge in [0.25, 0.3) is 0 Å². The SMILES string of the molecule is Oc1ccc(C(=C(C[C]2[CH][CH][CH][CH]2)C[C]2[CH][CH][CH][CH]2)c2ccc(O)cc2)cc1. The van der Waals surface area contributed by atoms with Gasteiger partial charge in [-0.1, -0.05) is 29.8 Å². The van der Waals surface area contributed by atoms with Crippen molar-refractivity contribution in [3.05, 3.63) is 128 Å². The van der Waals surface area contributed by atoms with Crippen LogP contribution >= 0.6 is 0 Å². The largest absolute Gasteiger partial charge is 0.508 e. The molecule has 2 aromatic carbocycles. The van der Waals surface area contributed by atoms with Crippen molar-refractivity contribution in [1.82, 2.24) is 0 Å². The minimum Gasteiger partial charge on any atom is -0.508 e. The van der Waals surface area contributed by atoms with Crippen molar-refractivity contribution in [1.29, 1.82) is 0 Å². The van der Waals surface area contributed by atoms with E-state index in [-0.39, 0.29) is 11.5 Å². The predicted molar refractivity (Wildman–Crippen MR) is 112 cm³/mol. The van der Waals surface area contributed by atoms with Crippen LogP contribution in [0.5, 0.6) is 11.5 Å². The minimum atomic E-state index is 0.252. The Bertz CT molecular complexity index is 722. The van der Waals surface area contributed by atoms with E-state index in [0.29, 0.717) is 0 Å². The number of rotatable bonds is 6. The number of hydrogen-bond donors (Lipinski definition) is 2. The maximum atomic E-state index is 9.75. The molecule has 10 radical (unpaired) electrons. The van der Waals surface area contributed by atoms with Gasteiger partial charge in [-0.05, 0) is 117 Å². The van der Waals surface area contributed by atoms with E-state index in [9.17, 15) is 10.2 Å². The average molecular weight is 366 g/mol. The quantitative estimate of drug-likeness (QED) is 0.710. The summed E-state index contributed by atoms with van der Waals surface area (Å²) in [6, 6.07) is 14.7. The molecule has 28 heavy (non-hydrogen) atoms. The first-order chi connectivity index (χ1) is 13.7. The summed E-state index contributed by atoms with van der Waals surface area (Å²) < 4.78 is 0. The Morgan fingerprint density at radius 1 is 0.536 bits per heavy atom. The van der Waals surface area contributed by atoms with Gasteiger partial charge < -0.3 is 10.2 Å². The molecule has 2 heteroatoms. The smallest absolute Gasteiger partial charge is 0.115 e. The van der Waals surface area contributed by atoms with Crippen molar-refractivity contribution in [3.63, 3.8) is 0 Å². The molecule has 0 heterocycles. The summed E-state index contributed by atoms with van der Waals surface area (Å²) in [5.74, 6) is 3.05. The standard InChI is InChI=1S/C26H22O2/c27-24-13-9-21(10-14-24)26(22-11-15-25(28)16-12-22)23(17-19-5-1-2-6-19)18-20-7-3-4-8-20/h1-16,27-28H,17-18H2. The van der Waals surface area contributed by atoms with E-state index < -0.39 is 0 Å². The normalized spacial score (nSPS) is 17.9. The van der Waals surface area contributed by atoms with Crippen LogP contribution in [0, 0.1) is 63.2 Å². The molecule has 0 aromatic heterocycles. The first kappa shape index (κ1) is 19.1. The summed E-state index contributed by atoms with van der Waals surface area (Å²) in [6.45, 7) is 0. The maximum absolute atomic E-state index is 9.75. The van der Waals surface area contributed by atoms with Crippen molar-refractivity contribution in [2.24, 2.45) is 0 Å². The van der Waals surface area contributed by atoms with Gasteiger partial charge in [0.15, 0.2) is 0 Å². The van der Waals surface area contributed by atoms with Crippen molar-refractivity contribution >= 4 is 5.57 Å². The van der Waals surface area contributed by atoms with Crippen molar-refractivity contribution in [2.75, 3.05) is 0 Å². The highest BCUT2D eigenvalue weighted by Crippen LogP contribution is 2.41. The highest BCUT2D eigenvalue weighted by atomic mass is 16.3. The summed E-state index contributed by atoms with van der Waals surface area (Å²) in [6.07, 6.45) is 18.5. The highest BCUT2D eigenvalue weighted by molar-refractivity contribution is 5.83. The van der Waals surface area contributed by atoms with Crippen molar-refractivity contribution in [2.45, 2.75) is 12.8 Å². The van der Waals surface area contributed by atoms with E-state index in [1.165, 1.54) is 17.4 Å². The van der Waals surface area contributed by atoms with Crippen molar-refractivity contribution in [3.8, 4) is 11.5 Å². The molecule has 2 saturated carbocycles. The molecule has 0 bridgehead atoms. The molecular formula is C26H22O2. The molecule has 2 fully saturated rings. The second kappa shape index (κ2) is 8.86. The third kappa shape index (κ3) is 4.60. The van der Waals surface area contributed by atoms with E-state index in [1.54, 1.807) is 24.3 Å². The number of aromatic hydroxyl groups is 2. The zero-order valence-electron chi connectivity index (χ0n) is 15.5. The fourth-order valence-corrected chi connectivity index (χ4v) is 3.63. The summed E-state index contributed by atoms with van der Waals surface area (Å²) in [5.41, 5.74) is 4.55. The van der Waals surface area contributed by atoms with Crippen LogP contribution in [0.4, 0.5) is 0 Å². The van der Waals surface area contributed by atoms with Gasteiger partial charge in [0.2, 0.25) is 0 Å². The number of benzene rings is 2. The molecule has 2 N–H and O–H groups in total. The molecular weight excluding hydrogens is 344 g/mol. The Morgan fingerprint density at radius 2 is 0.893 bits per heavy atom. The zero-order valence-corrected chi connectivity index (χ0v) is 15.5. The number of phenolic OH excluding ortho intramolecular Hbond substituents is 2. The molecule has 2 aromatic rings. The van der Waals surface area contributed by atoms with Gasteiger partial charge in [-0.25, -0.2) is 0 Å². The Balaban J connectivity index is 1.78. The molecule has 0 atom stereocenters. The number of hydrogen-bond acceptors (Lipinski definition) is 2. The van der Waals surface area contributed by atoms with Gasteiger partial charge in [0, 0.05) is 0 Å². The summed E-state index contributed by atoms with van der Waals surface area (Å²) in [4.78, 5) is 0. The van der Waals surface area contributed by atoms with Gasteiger partial charge in [-0.15, -0.1) is 0 Å². The van der Waals surface area contributed by atoms with Gasteiger partial charge in [0.1, 0.15) is 11.5 Å². The molecule has 2 aliphatic rings. The molecule has 0 spiro atoms. The number of allylic oxidation sites excluding steroid dienone is 1. The molecule has 138 valence electrons. The van der Waals surface area contributed by atoms with Crippen LogP contribution in [-0.2, 0) is 0 Å². The maximum Gasteiger partial charge on any atom is 0.115 e. The second-order valence-electron chi connectivity index (χ2n) is 7.01. The summed E-state index contributed by atoms with van der Waals surface area (Å²) in [7, 11) is 0. The lowest BCUT2D eigenvalue weighted by Gasteiger charge is -2.22. The molecule has 0 aliphatic heterocycles. The minimum absolute atomic E-state index is 0.252. The van der Waals surface area contributed by atoms with E-state index >= 15 is 0 Å². The monoisotopic (exact) mass is 366 g/mol. The zero-order chi connectivity index (χ0) is 19.3. The predicted octanol–water partition coefficient (Wildman–Crippen LogP) is 5.49. The molecule has 4 rings (SSSR count). The Labute approximate surface area is 168 Å². The van der Waals surface area contributed by atoms with Crippen LogP contribution in [0.25, 0.3) is 5.57 Å². The third-order valence-corrected chi connectivity index (χ3v) is 4.96. The van der Waals surface area contributed by atoms with Crippen LogP contribution in [0.2, 0.25) is 0 Å². The van der Waals surface area contributed by atoms with Gasteiger partial charge >= 0.3 is 0 Å². The van der Waals surface area contributed by atoms with Crippen LogP contribution in [0.15, 0.2) is 54.1 Å². The molecule has 2 aliphatic carbocycles. The van der Waals surface area contributed by atoms with E-state index in [2.05, 4.69) is 51.4 Å². The average Bonchev–Trinajstić information content (AvgIpc) is 3.39. The van der Waals surface area contributed by atoms with E-state index in [4.69, 9.17) is 0 Å². The Kier molecular flexibility index (Phi) is 6.04. The Hall–Kier alpha value is -2.22. The highest BCUT2D eigenvalue weighted by Gasteiger charge is 2.25. The molecule has 0 saturated heterocycles. The lowest BCUT2D eigenvalue weighted by Crippen LogP contribution is -2.04. The van der Waals surface area contributed by atoms with Gasteiger partial charge in [-0.2, -0.15) is 0 Å². The third-order valence-electron chi connectivity index (χ3n) is 4.96. The first-order valence-electron chi connectivity index (χ1n) is 9.41. The van der Waals surface area contributed by atoms with Crippen LogP contribution in [0.3, 0.4) is 0 Å². The molecule has 0 amide bonds. The van der Waals surface area contributed by atoms with E-state index in [0.717, 1.165) is 29.5 Å². The van der Waals surface area contributed by atoms with Gasteiger partial charge in [-0.3, -0.25) is 0 Å². The van der Waals surface area contributed by atoms with Crippen molar-refractivity contribution < 1.29 is 10.2 Å². The van der Waals surface area contributed by atoms with Crippen LogP contribution in [-0.4, -0.2) is 10.2 Å². The second-order valence-corrected chi connectivity index (χ2v) is 7.01. The lowest BCUT2D eigenvalue weighted by atomic mass is 9.83. The molecule has 2 nitrogen and oxygen atoms in total. The fourth-order valence-electron chi connectivity index (χ4n) is 3.63. The lowest BCUT2D eigenvalue weighted by molar-refractivity contribution is 0.475. The van der Waals surface area contributed by atoms with Crippen LogP contribution < -0.4 is 0 Å². The Morgan fingerprint density at radius 3 is 1.25 bits per heavy atom. The fraction of sp³-hybridized carbons (Fsp3) is 0.0769. The first-order valence-corrected chi connectivity index (χ1v) is 9.41. The summed E-state index contributed by atoms with van der Waals surface area (Å²) in [5, 5.41) is 19.5. The topological polar surface area (TPSA) is 40.5 Å². The van der Waals surface area contributed by atoms with E-state index in [1.807, 2.05) is 24.3 Å².